The lowest BCUT2D eigenvalue weighted by molar-refractivity contribution is -0.137. The van der Waals surface area contributed by atoms with E-state index in [9.17, 15) is 14.4 Å². The lowest BCUT2D eigenvalue weighted by Crippen LogP contribution is -2.29. The van der Waals surface area contributed by atoms with Gasteiger partial charge in [0.15, 0.2) is 0 Å². The number of anilines is 1. The van der Waals surface area contributed by atoms with Crippen molar-refractivity contribution in [2.75, 3.05) is 11.9 Å². The van der Waals surface area contributed by atoms with Crippen LogP contribution in [0.5, 0.6) is 0 Å². The summed E-state index contributed by atoms with van der Waals surface area (Å²) >= 11 is 6.35. The van der Waals surface area contributed by atoms with Crippen LogP contribution in [-0.2, 0) is 14.3 Å². The maximum absolute atomic E-state index is 12.6. The Balaban J connectivity index is 2.15. The Labute approximate surface area is 172 Å². The first-order valence-electron chi connectivity index (χ1n) is 8.48. The predicted octanol–water partition coefficient (Wildman–Crippen LogP) is 3.49. The maximum Gasteiger partial charge on any atom is 0.412 e. The summed E-state index contributed by atoms with van der Waals surface area (Å²) in [5.74, 6) is -1.22. The molecule has 0 spiro atoms. The molecule has 1 saturated heterocycles. The molecule has 0 saturated carbocycles. The molecule has 2 amide bonds. The van der Waals surface area contributed by atoms with Gasteiger partial charge in [0.25, 0.3) is 5.91 Å². The van der Waals surface area contributed by atoms with Crippen molar-refractivity contribution in [3.05, 3.63) is 28.9 Å². The summed E-state index contributed by atoms with van der Waals surface area (Å²) in [7, 11) is 0. The van der Waals surface area contributed by atoms with E-state index in [1.165, 1.54) is 17.3 Å². The van der Waals surface area contributed by atoms with Gasteiger partial charge in [-0.2, -0.15) is 0 Å². The standard InChI is InChI=1S/C18H21N3O5S2/c1-18(2,3)26-16(25)20-12-6-7-19-10-11(12)9-13-15(24)21(17(27)28-13)8-4-5-14(22)23/h6-7,9-10H,4-5,8H2,1-3H3,(H,22,23)(H,19,20,25). The summed E-state index contributed by atoms with van der Waals surface area (Å²) in [6.45, 7) is 5.52. The first-order chi connectivity index (χ1) is 13.1. The topological polar surface area (TPSA) is 109 Å². The fourth-order valence-corrected chi connectivity index (χ4v) is 3.57. The lowest BCUT2D eigenvalue weighted by atomic mass is 10.2. The highest BCUT2D eigenvalue weighted by Crippen LogP contribution is 2.33. The average Bonchev–Trinajstić information content (AvgIpc) is 2.82. The van der Waals surface area contributed by atoms with Crippen molar-refractivity contribution in [2.45, 2.75) is 39.2 Å². The average molecular weight is 424 g/mol. The van der Waals surface area contributed by atoms with Gasteiger partial charge in [0.1, 0.15) is 9.92 Å². The third-order valence-corrected chi connectivity index (χ3v) is 4.80. The van der Waals surface area contributed by atoms with Gasteiger partial charge in [-0.3, -0.25) is 24.8 Å². The minimum Gasteiger partial charge on any atom is -0.481 e. The largest absolute Gasteiger partial charge is 0.481 e. The van der Waals surface area contributed by atoms with E-state index < -0.39 is 17.7 Å². The first-order valence-corrected chi connectivity index (χ1v) is 9.70. The van der Waals surface area contributed by atoms with Crippen LogP contribution < -0.4 is 5.32 Å². The van der Waals surface area contributed by atoms with E-state index >= 15 is 0 Å². The second-order valence-corrected chi connectivity index (χ2v) is 8.60. The van der Waals surface area contributed by atoms with Gasteiger partial charge in [-0.05, 0) is 39.3 Å². The van der Waals surface area contributed by atoms with Crippen LogP contribution in [0.25, 0.3) is 6.08 Å². The van der Waals surface area contributed by atoms with Crippen LogP contribution in [0.3, 0.4) is 0 Å². The monoisotopic (exact) mass is 423 g/mol. The molecule has 1 aromatic heterocycles. The van der Waals surface area contributed by atoms with Crippen LogP contribution in [-0.4, -0.2) is 49.4 Å². The van der Waals surface area contributed by atoms with Crippen LogP contribution in [0.2, 0.25) is 0 Å². The number of aliphatic carboxylic acids is 1. The van der Waals surface area contributed by atoms with Crippen molar-refractivity contribution in [3.8, 4) is 0 Å². The Kier molecular flexibility index (Phi) is 7.14. The molecule has 0 unspecified atom stereocenters. The number of nitrogens with one attached hydrogen (secondary N) is 1. The number of carboxylic acids is 1. The smallest absolute Gasteiger partial charge is 0.412 e. The number of carboxylic acid groups (broad SMARTS) is 1. The van der Waals surface area contributed by atoms with E-state index in [4.69, 9.17) is 22.1 Å². The highest BCUT2D eigenvalue weighted by Gasteiger charge is 2.32. The van der Waals surface area contributed by atoms with Gasteiger partial charge < -0.3 is 9.84 Å². The number of carbonyl (C=O) groups is 3. The van der Waals surface area contributed by atoms with Gasteiger partial charge in [-0.25, -0.2) is 4.79 Å². The van der Waals surface area contributed by atoms with Crippen LogP contribution >= 0.6 is 24.0 Å². The van der Waals surface area contributed by atoms with Crippen molar-refractivity contribution in [2.24, 2.45) is 0 Å². The molecule has 2 rings (SSSR count). The SMILES string of the molecule is CC(C)(C)OC(=O)Nc1ccncc1C=C1SC(=S)N(CCCC(=O)O)C1=O. The highest BCUT2D eigenvalue weighted by molar-refractivity contribution is 8.26. The van der Waals surface area contributed by atoms with Gasteiger partial charge in [-0.1, -0.05) is 24.0 Å². The number of hydrogen-bond donors (Lipinski definition) is 2. The van der Waals surface area contributed by atoms with Crippen LogP contribution in [0, 0.1) is 0 Å². The molecule has 0 radical (unpaired) electrons. The van der Waals surface area contributed by atoms with Crippen molar-refractivity contribution in [1.82, 2.24) is 9.88 Å². The number of ether oxygens (including phenoxy) is 1. The molecule has 2 heterocycles. The Bertz CT molecular complexity index is 833. The Morgan fingerprint density at radius 2 is 2.14 bits per heavy atom. The number of hydrogen-bond acceptors (Lipinski definition) is 7. The number of amides is 2. The molecule has 0 aromatic carbocycles. The van der Waals surface area contributed by atoms with Crippen molar-refractivity contribution in [1.29, 1.82) is 0 Å². The summed E-state index contributed by atoms with van der Waals surface area (Å²) in [5, 5.41) is 11.4. The van der Waals surface area contributed by atoms with Crippen LogP contribution in [0.1, 0.15) is 39.2 Å². The first kappa shape index (κ1) is 21.8. The molecule has 1 aliphatic rings. The number of aromatic nitrogens is 1. The number of carbonyl (C=O) groups excluding carboxylic acids is 2. The molecule has 1 aromatic rings. The molecule has 1 fully saturated rings. The highest BCUT2D eigenvalue weighted by atomic mass is 32.2. The summed E-state index contributed by atoms with van der Waals surface area (Å²) in [6.07, 6.45) is 4.28. The molecule has 10 heteroatoms. The van der Waals surface area contributed by atoms with E-state index in [0.29, 0.717) is 26.9 Å². The third kappa shape index (κ3) is 6.31. The van der Waals surface area contributed by atoms with E-state index in [2.05, 4.69) is 10.3 Å². The van der Waals surface area contributed by atoms with E-state index in [1.54, 1.807) is 32.9 Å². The van der Waals surface area contributed by atoms with E-state index in [-0.39, 0.29) is 18.9 Å². The van der Waals surface area contributed by atoms with Crippen molar-refractivity contribution < 1.29 is 24.2 Å². The zero-order valence-electron chi connectivity index (χ0n) is 15.7. The quantitative estimate of drug-likeness (QED) is 0.529. The number of rotatable bonds is 6. The van der Waals surface area contributed by atoms with E-state index in [0.717, 1.165) is 11.8 Å². The normalized spacial score (nSPS) is 15.8. The molecule has 1 aliphatic heterocycles. The number of nitrogens with zero attached hydrogens (tertiary/aromatic N) is 2. The zero-order valence-corrected chi connectivity index (χ0v) is 17.4. The van der Waals surface area contributed by atoms with Gasteiger partial charge >= 0.3 is 12.1 Å². The molecule has 0 bridgehead atoms. The zero-order chi connectivity index (χ0) is 20.9. The van der Waals surface area contributed by atoms with Gasteiger partial charge in [0.05, 0.1) is 10.6 Å². The second kappa shape index (κ2) is 9.16. The molecule has 8 nitrogen and oxygen atoms in total. The van der Waals surface area contributed by atoms with Crippen molar-refractivity contribution >= 4 is 58.0 Å². The fourth-order valence-electron chi connectivity index (χ4n) is 2.27. The summed E-state index contributed by atoms with van der Waals surface area (Å²) < 4.78 is 5.61. The number of thiocarbonyl (C=S) groups is 1. The summed E-state index contributed by atoms with van der Waals surface area (Å²) in [4.78, 5) is 41.1. The number of thioether (sulfide) groups is 1. The Morgan fingerprint density at radius 3 is 2.79 bits per heavy atom. The second-order valence-electron chi connectivity index (χ2n) is 6.92. The minimum atomic E-state index is -0.922. The van der Waals surface area contributed by atoms with Gasteiger partial charge in [0, 0.05) is 30.9 Å². The summed E-state index contributed by atoms with van der Waals surface area (Å²) in [5.41, 5.74) is 0.329. The fraction of sp³-hybridized carbons (Fsp3) is 0.389. The van der Waals surface area contributed by atoms with Gasteiger partial charge in [-0.15, -0.1) is 0 Å². The molecule has 0 aliphatic carbocycles. The molecule has 150 valence electrons. The van der Waals surface area contributed by atoms with Gasteiger partial charge in [0.2, 0.25) is 0 Å². The molecule has 0 atom stereocenters. The summed E-state index contributed by atoms with van der Waals surface area (Å²) in [6, 6.07) is 1.60. The molecule has 28 heavy (non-hydrogen) atoms. The molecular weight excluding hydrogens is 402 g/mol. The Morgan fingerprint density at radius 1 is 1.43 bits per heavy atom. The molecular formula is C18H21N3O5S2. The third-order valence-electron chi connectivity index (χ3n) is 3.42. The lowest BCUT2D eigenvalue weighted by Gasteiger charge is -2.20. The van der Waals surface area contributed by atoms with Crippen LogP contribution in [0.15, 0.2) is 23.4 Å². The minimum absolute atomic E-state index is 0.0390. The Hall–Kier alpha value is -2.46. The number of pyridine rings is 1. The predicted molar refractivity (Wildman–Crippen MR) is 111 cm³/mol. The van der Waals surface area contributed by atoms with Crippen LogP contribution in [0.4, 0.5) is 10.5 Å². The maximum atomic E-state index is 12.6. The van der Waals surface area contributed by atoms with Crippen molar-refractivity contribution in [3.63, 3.8) is 0 Å². The molecule has 2 N–H and O–H groups in total. The van der Waals surface area contributed by atoms with E-state index in [1.807, 2.05) is 0 Å².